The first-order chi connectivity index (χ1) is 18.2. The maximum atomic E-state index is 10.3. The summed E-state index contributed by atoms with van der Waals surface area (Å²) in [6.07, 6.45) is -1.55. The van der Waals surface area contributed by atoms with Crippen LogP contribution in [0, 0.1) is 0 Å². The fourth-order valence-electron chi connectivity index (χ4n) is 5.14. The molecule has 5 rings (SSSR count). The third-order valence-corrected chi connectivity index (χ3v) is 7.05. The van der Waals surface area contributed by atoms with E-state index in [1.165, 1.54) is 0 Å². The molecular weight excluding hydrogens is 470 g/mol. The third kappa shape index (κ3) is 6.45. The van der Waals surface area contributed by atoms with Crippen molar-refractivity contribution >= 4 is 0 Å². The Kier molecular flexibility index (Phi) is 8.97. The second-order valence-corrected chi connectivity index (χ2v) is 9.65. The van der Waals surface area contributed by atoms with Crippen LogP contribution in [0.2, 0.25) is 0 Å². The predicted molar refractivity (Wildman–Crippen MR) is 138 cm³/mol. The Morgan fingerprint density at radius 1 is 0.757 bits per heavy atom. The van der Waals surface area contributed by atoms with Crippen molar-refractivity contribution in [2.24, 2.45) is 0 Å². The van der Waals surface area contributed by atoms with Crippen molar-refractivity contribution in [1.82, 2.24) is 5.06 Å². The number of benzene rings is 3. The molecule has 0 aromatic heterocycles. The van der Waals surface area contributed by atoms with Crippen LogP contribution in [0.25, 0.3) is 0 Å². The molecular formula is C30H35NO6. The van der Waals surface area contributed by atoms with Crippen LogP contribution in [0.15, 0.2) is 91.0 Å². The highest BCUT2D eigenvalue weighted by atomic mass is 16.7. The van der Waals surface area contributed by atoms with E-state index in [1.54, 1.807) is 0 Å². The van der Waals surface area contributed by atoms with Gasteiger partial charge >= 0.3 is 0 Å². The van der Waals surface area contributed by atoms with E-state index in [0.29, 0.717) is 32.8 Å². The molecule has 196 valence electrons. The van der Waals surface area contributed by atoms with Crippen LogP contribution < -0.4 is 0 Å². The Bertz CT molecular complexity index is 1070. The summed E-state index contributed by atoms with van der Waals surface area (Å²) in [5, 5.41) is 21.8. The Hall–Kier alpha value is -2.62. The normalized spacial score (nSPS) is 26.3. The van der Waals surface area contributed by atoms with Crippen LogP contribution in [-0.4, -0.2) is 65.0 Å². The van der Waals surface area contributed by atoms with Gasteiger partial charge in [-0.2, -0.15) is 5.06 Å². The van der Waals surface area contributed by atoms with Gasteiger partial charge in [-0.1, -0.05) is 91.0 Å². The molecule has 3 aromatic carbocycles. The molecule has 2 aliphatic rings. The van der Waals surface area contributed by atoms with Crippen LogP contribution in [-0.2, 0) is 38.9 Å². The Balaban J connectivity index is 1.35. The van der Waals surface area contributed by atoms with Crippen LogP contribution >= 0.6 is 0 Å². The van der Waals surface area contributed by atoms with Gasteiger partial charge in [-0.15, -0.1) is 0 Å². The standard InChI is InChI=1S/C30H35NO6/c32-17-27(33)28-16-25-29(35-19-23-12-6-2-7-13-23)30(36-20-24-14-8-3-9-15-24)26(31(25)37-28)21-34-18-22-10-4-1-5-11-22/h1-15,25-30,32-33H,16-21H2/t25-,26-,27-,28-,29-,30-/m1/s1. The average molecular weight is 506 g/mol. The van der Waals surface area contributed by atoms with Gasteiger partial charge < -0.3 is 24.4 Å². The van der Waals surface area contributed by atoms with E-state index in [4.69, 9.17) is 19.0 Å². The highest BCUT2D eigenvalue weighted by molar-refractivity contribution is 5.16. The summed E-state index contributed by atoms with van der Waals surface area (Å²) in [6, 6.07) is 29.8. The van der Waals surface area contributed by atoms with Gasteiger partial charge in [0.2, 0.25) is 0 Å². The second kappa shape index (κ2) is 12.8. The van der Waals surface area contributed by atoms with Gasteiger partial charge in [0.05, 0.1) is 45.1 Å². The SMILES string of the molecule is OC[C@@H](O)[C@H]1C[C@@H]2[C@@H](OCc3ccccc3)[C@H](OCc3ccccc3)[C@@H](COCc3ccccc3)N2O1. The number of hydrogen-bond donors (Lipinski definition) is 2. The molecule has 7 heteroatoms. The molecule has 2 aliphatic heterocycles. The van der Waals surface area contributed by atoms with Crippen molar-refractivity contribution < 1.29 is 29.3 Å². The monoisotopic (exact) mass is 505 g/mol. The molecule has 0 radical (unpaired) electrons. The van der Waals surface area contributed by atoms with E-state index in [1.807, 2.05) is 96.1 Å². The summed E-state index contributed by atoms with van der Waals surface area (Å²) in [7, 11) is 0. The number of fused-ring (bicyclic) bond motifs is 1. The number of rotatable bonds is 12. The van der Waals surface area contributed by atoms with E-state index in [0.717, 1.165) is 16.7 Å². The molecule has 0 saturated carbocycles. The summed E-state index contributed by atoms with van der Waals surface area (Å²) in [6.45, 7) is 1.36. The summed E-state index contributed by atoms with van der Waals surface area (Å²) in [5.74, 6) is 0. The molecule has 0 unspecified atom stereocenters. The Labute approximate surface area is 218 Å². The molecule has 37 heavy (non-hydrogen) atoms. The quantitative estimate of drug-likeness (QED) is 0.390. The Morgan fingerprint density at radius 2 is 1.27 bits per heavy atom. The lowest BCUT2D eigenvalue weighted by Crippen LogP contribution is -2.43. The Morgan fingerprint density at radius 3 is 1.81 bits per heavy atom. The smallest absolute Gasteiger partial charge is 0.109 e. The topological polar surface area (TPSA) is 80.6 Å². The minimum Gasteiger partial charge on any atom is -0.394 e. The summed E-state index contributed by atoms with van der Waals surface area (Å²) < 4.78 is 19.2. The van der Waals surface area contributed by atoms with Gasteiger partial charge in [0.25, 0.3) is 0 Å². The molecule has 6 atom stereocenters. The number of hydroxylamine groups is 2. The third-order valence-electron chi connectivity index (χ3n) is 7.05. The lowest BCUT2D eigenvalue weighted by atomic mass is 10.00. The van der Waals surface area contributed by atoms with Crippen LogP contribution in [0.5, 0.6) is 0 Å². The first-order valence-electron chi connectivity index (χ1n) is 12.9. The van der Waals surface area contributed by atoms with Crippen LogP contribution in [0.1, 0.15) is 23.1 Å². The van der Waals surface area contributed by atoms with Gasteiger partial charge in [-0.3, -0.25) is 4.84 Å². The number of aliphatic hydroxyl groups is 2. The first-order valence-corrected chi connectivity index (χ1v) is 12.9. The summed E-state index contributed by atoms with van der Waals surface area (Å²) in [4.78, 5) is 6.20. The molecule has 0 bridgehead atoms. The van der Waals surface area contributed by atoms with E-state index in [9.17, 15) is 10.2 Å². The second-order valence-electron chi connectivity index (χ2n) is 9.65. The van der Waals surface area contributed by atoms with Gasteiger partial charge in [-0.05, 0) is 23.1 Å². The minimum atomic E-state index is -0.963. The van der Waals surface area contributed by atoms with Gasteiger partial charge in [0.1, 0.15) is 24.4 Å². The molecule has 0 aliphatic carbocycles. The molecule has 0 spiro atoms. The maximum Gasteiger partial charge on any atom is 0.109 e. The van der Waals surface area contributed by atoms with Crippen molar-refractivity contribution in [3.63, 3.8) is 0 Å². The van der Waals surface area contributed by atoms with Crippen LogP contribution in [0.3, 0.4) is 0 Å². The fraction of sp³-hybridized carbons (Fsp3) is 0.400. The summed E-state index contributed by atoms with van der Waals surface area (Å²) >= 11 is 0. The molecule has 2 heterocycles. The molecule has 7 nitrogen and oxygen atoms in total. The number of nitrogens with zero attached hydrogens (tertiary/aromatic N) is 1. The van der Waals surface area contributed by atoms with Crippen molar-refractivity contribution in [3.8, 4) is 0 Å². The highest BCUT2D eigenvalue weighted by Crippen LogP contribution is 2.40. The van der Waals surface area contributed by atoms with Gasteiger partial charge in [0.15, 0.2) is 0 Å². The zero-order valence-corrected chi connectivity index (χ0v) is 20.8. The maximum absolute atomic E-state index is 10.3. The number of ether oxygens (including phenoxy) is 3. The summed E-state index contributed by atoms with van der Waals surface area (Å²) in [5.41, 5.74) is 3.24. The largest absolute Gasteiger partial charge is 0.394 e. The van der Waals surface area contributed by atoms with E-state index in [2.05, 4.69) is 0 Å². The predicted octanol–water partition coefficient (Wildman–Crippen LogP) is 3.48. The van der Waals surface area contributed by atoms with Gasteiger partial charge in [0, 0.05) is 0 Å². The van der Waals surface area contributed by atoms with Crippen LogP contribution in [0.4, 0.5) is 0 Å². The molecule has 3 aromatic rings. The minimum absolute atomic E-state index is 0.138. The molecule has 2 N–H and O–H groups in total. The lowest BCUT2D eigenvalue weighted by molar-refractivity contribution is -0.216. The average Bonchev–Trinajstić information content (AvgIpc) is 3.50. The number of hydrogen-bond acceptors (Lipinski definition) is 7. The molecule has 2 saturated heterocycles. The van der Waals surface area contributed by atoms with Crippen molar-refractivity contribution in [1.29, 1.82) is 0 Å². The zero-order valence-electron chi connectivity index (χ0n) is 20.8. The highest BCUT2D eigenvalue weighted by Gasteiger charge is 2.56. The van der Waals surface area contributed by atoms with E-state index in [-0.39, 0.29) is 30.9 Å². The molecule has 2 fully saturated rings. The fourth-order valence-corrected chi connectivity index (χ4v) is 5.14. The van der Waals surface area contributed by atoms with Crippen molar-refractivity contribution in [3.05, 3.63) is 108 Å². The van der Waals surface area contributed by atoms with Crippen molar-refractivity contribution in [2.45, 2.75) is 62.7 Å². The van der Waals surface area contributed by atoms with E-state index >= 15 is 0 Å². The van der Waals surface area contributed by atoms with Gasteiger partial charge in [-0.25, -0.2) is 0 Å². The van der Waals surface area contributed by atoms with E-state index < -0.39 is 12.2 Å². The zero-order chi connectivity index (χ0) is 25.5. The lowest BCUT2D eigenvalue weighted by Gasteiger charge is -2.29. The van der Waals surface area contributed by atoms with Crippen molar-refractivity contribution in [2.75, 3.05) is 13.2 Å². The number of aliphatic hydroxyl groups excluding tert-OH is 2. The molecule has 0 amide bonds. The first kappa shape index (κ1) is 26.0.